The second-order valence-electron chi connectivity index (χ2n) is 3.92. The summed E-state index contributed by atoms with van der Waals surface area (Å²) in [5, 5.41) is 4.43. The Morgan fingerprint density at radius 2 is 2.12 bits per heavy atom. The third-order valence-corrected chi connectivity index (χ3v) is 2.91. The molecule has 1 aliphatic rings. The predicted molar refractivity (Wildman–Crippen MR) is 54.9 cm³/mol. The van der Waals surface area contributed by atoms with Gasteiger partial charge in [-0.15, -0.1) is 0 Å². The lowest BCUT2D eigenvalue weighted by Gasteiger charge is -2.01. The molecule has 3 nitrogen and oxygen atoms in total. The monoisotopic (exact) mass is 243 g/mol. The van der Waals surface area contributed by atoms with Crippen molar-refractivity contribution in [3.63, 3.8) is 0 Å². The van der Waals surface area contributed by atoms with Crippen molar-refractivity contribution in [2.75, 3.05) is 0 Å². The number of alkyl halides is 2. The van der Waals surface area contributed by atoms with Crippen LogP contribution in [0.25, 0.3) is 5.65 Å². The van der Waals surface area contributed by atoms with Crippen LogP contribution < -0.4 is 0 Å². The van der Waals surface area contributed by atoms with Crippen LogP contribution in [0.3, 0.4) is 0 Å². The van der Waals surface area contributed by atoms with Gasteiger partial charge in [0.05, 0.1) is 5.69 Å². The van der Waals surface area contributed by atoms with Gasteiger partial charge < -0.3 is 0 Å². The van der Waals surface area contributed by atoms with E-state index in [4.69, 9.17) is 11.6 Å². The van der Waals surface area contributed by atoms with E-state index in [1.54, 1.807) is 6.07 Å². The molecule has 2 heterocycles. The van der Waals surface area contributed by atoms with Crippen molar-refractivity contribution in [1.82, 2.24) is 14.6 Å². The van der Waals surface area contributed by atoms with Crippen molar-refractivity contribution >= 4 is 17.2 Å². The Bertz CT molecular complexity index is 548. The highest BCUT2D eigenvalue weighted by Gasteiger charge is 2.27. The maximum Gasteiger partial charge on any atom is 0.280 e. The molecule has 2 aromatic rings. The Morgan fingerprint density at radius 3 is 2.75 bits per heavy atom. The minimum absolute atomic E-state index is 0.173. The van der Waals surface area contributed by atoms with Crippen molar-refractivity contribution in [3.8, 4) is 0 Å². The highest BCUT2D eigenvalue weighted by atomic mass is 35.5. The van der Waals surface area contributed by atoms with Crippen LogP contribution in [0.5, 0.6) is 0 Å². The zero-order valence-corrected chi connectivity index (χ0v) is 8.96. The standard InChI is InChI=1S/C10H8ClF2N3/c11-8-3-7(10(12)13)14-9-4-6(5-1-2-5)15-16(8)9/h3-5,10H,1-2H2. The number of nitrogens with zero attached hydrogens (tertiary/aromatic N) is 3. The van der Waals surface area contributed by atoms with Crippen LogP contribution in [0.1, 0.15) is 36.6 Å². The zero-order valence-electron chi connectivity index (χ0n) is 8.20. The minimum atomic E-state index is -2.61. The largest absolute Gasteiger partial charge is 0.280 e. The summed E-state index contributed by atoms with van der Waals surface area (Å²) in [7, 11) is 0. The predicted octanol–water partition coefficient (Wildman–Crippen LogP) is 3.20. The Hall–Kier alpha value is -1.23. The molecule has 0 atom stereocenters. The Labute approximate surface area is 95.0 Å². The molecular formula is C10H8ClF2N3. The fourth-order valence-corrected chi connectivity index (χ4v) is 1.90. The van der Waals surface area contributed by atoms with Gasteiger partial charge in [-0.25, -0.2) is 18.3 Å². The van der Waals surface area contributed by atoms with Crippen LogP contribution in [0, 0.1) is 0 Å². The van der Waals surface area contributed by atoms with Gasteiger partial charge >= 0.3 is 0 Å². The summed E-state index contributed by atoms with van der Waals surface area (Å²) in [4.78, 5) is 3.83. The van der Waals surface area contributed by atoms with E-state index in [9.17, 15) is 8.78 Å². The van der Waals surface area contributed by atoms with Gasteiger partial charge in [-0.3, -0.25) is 0 Å². The van der Waals surface area contributed by atoms with E-state index in [0.29, 0.717) is 11.6 Å². The van der Waals surface area contributed by atoms with E-state index >= 15 is 0 Å². The summed E-state index contributed by atoms with van der Waals surface area (Å²) in [6.07, 6.45) is -0.409. The second-order valence-corrected chi connectivity index (χ2v) is 4.31. The molecule has 0 aliphatic heterocycles. The summed E-state index contributed by atoms with van der Waals surface area (Å²) in [5.41, 5.74) is 0.977. The average Bonchev–Trinajstić information content (AvgIpc) is 2.98. The van der Waals surface area contributed by atoms with Crippen molar-refractivity contribution in [3.05, 3.63) is 28.7 Å². The molecule has 0 N–H and O–H groups in total. The van der Waals surface area contributed by atoms with Crippen molar-refractivity contribution < 1.29 is 8.78 Å². The third kappa shape index (κ3) is 1.55. The van der Waals surface area contributed by atoms with Crippen LogP contribution in [-0.4, -0.2) is 14.6 Å². The van der Waals surface area contributed by atoms with Gasteiger partial charge in [0.1, 0.15) is 10.8 Å². The molecule has 0 unspecified atom stereocenters. The van der Waals surface area contributed by atoms with Crippen LogP contribution in [0.4, 0.5) is 8.78 Å². The van der Waals surface area contributed by atoms with Crippen LogP contribution in [0.2, 0.25) is 5.15 Å². The quantitative estimate of drug-likeness (QED) is 0.759. The molecule has 0 amide bonds. The highest BCUT2D eigenvalue weighted by Crippen LogP contribution is 2.39. The number of aromatic nitrogens is 3. The lowest BCUT2D eigenvalue weighted by Crippen LogP contribution is -1.97. The Kier molecular flexibility index (Phi) is 2.10. The number of halogens is 3. The third-order valence-electron chi connectivity index (χ3n) is 2.64. The van der Waals surface area contributed by atoms with Crippen LogP contribution in [0.15, 0.2) is 12.1 Å². The van der Waals surface area contributed by atoms with Crippen molar-refractivity contribution in [1.29, 1.82) is 0 Å². The van der Waals surface area contributed by atoms with Gasteiger partial charge in [0.25, 0.3) is 6.43 Å². The summed E-state index contributed by atoms with van der Waals surface area (Å²) in [6, 6.07) is 2.89. The van der Waals surface area contributed by atoms with Gasteiger partial charge in [-0.05, 0) is 12.8 Å². The van der Waals surface area contributed by atoms with Crippen molar-refractivity contribution in [2.24, 2.45) is 0 Å². The normalized spacial score (nSPS) is 16.2. The molecule has 1 saturated carbocycles. The van der Waals surface area contributed by atoms with Gasteiger partial charge in [-0.1, -0.05) is 11.6 Å². The summed E-state index contributed by atoms with van der Waals surface area (Å²) < 4.78 is 26.4. The fourth-order valence-electron chi connectivity index (χ4n) is 1.66. The van der Waals surface area contributed by atoms with E-state index in [0.717, 1.165) is 24.6 Å². The zero-order chi connectivity index (χ0) is 11.3. The highest BCUT2D eigenvalue weighted by molar-refractivity contribution is 6.29. The van der Waals surface area contributed by atoms with E-state index in [1.807, 2.05) is 0 Å². The number of hydrogen-bond acceptors (Lipinski definition) is 2. The fraction of sp³-hybridized carbons (Fsp3) is 0.400. The molecule has 16 heavy (non-hydrogen) atoms. The first kappa shape index (κ1) is 9.96. The molecule has 0 aromatic carbocycles. The molecule has 3 rings (SSSR count). The van der Waals surface area contributed by atoms with E-state index < -0.39 is 6.43 Å². The first-order valence-corrected chi connectivity index (χ1v) is 5.37. The Balaban J connectivity index is 2.17. The van der Waals surface area contributed by atoms with Crippen LogP contribution >= 0.6 is 11.6 Å². The smallest absolute Gasteiger partial charge is 0.227 e. The molecule has 0 radical (unpaired) electrons. The first-order valence-electron chi connectivity index (χ1n) is 4.99. The maximum absolute atomic E-state index is 12.5. The molecule has 1 fully saturated rings. The van der Waals surface area contributed by atoms with Gasteiger partial charge in [-0.2, -0.15) is 5.10 Å². The second kappa shape index (κ2) is 3.38. The number of hydrogen-bond donors (Lipinski definition) is 0. The number of fused-ring (bicyclic) bond motifs is 1. The summed E-state index contributed by atoms with van der Waals surface area (Å²) in [5.74, 6) is 0.452. The lowest BCUT2D eigenvalue weighted by molar-refractivity contribution is 0.146. The molecule has 0 bridgehead atoms. The summed E-state index contributed by atoms with van der Waals surface area (Å²) >= 11 is 5.87. The van der Waals surface area contributed by atoms with E-state index in [1.165, 1.54) is 4.52 Å². The minimum Gasteiger partial charge on any atom is -0.227 e. The molecule has 1 aliphatic carbocycles. The average molecular weight is 244 g/mol. The molecule has 6 heteroatoms. The topological polar surface area (TPSA) is 30.2 Å². The first-order chi connectivity index (χ1) is 7.65. The summed E-state index contributed by atoms with van der Waals surface area (Å²) in [6.45, 7) is 0. The lowest BCUT2D eigenvalue weighted by atomic mass is 10.3. The van der Waals surface area contributed by atoms with Gasteiger partial charge in [0, 0.05) is 18.1 Å². The van der Waals surface area contributed by atoms with Gasteiger partial charge in [0.15, 0.2) is 5.65 Å². The molecular weight excluding hydrogens is 236 g/mol. The van der Waals surface area contributed by atoms with E-state index in [2.05, 4.69) is 10.1 Å². The molecule has 84 valence electrons. The maximum atomic E-state index is 12.5. The SMILES string of the molecule is FC(F)c1cc(Cl)n2nc(C3CC3)cc2n1. The van der Waals surface area contributed by atoms with Crippen molar-refractivity contribution in [2.45, 2.75) is 25.2 Å². The molecule has 2 aromatic heterocycles. The number of rotatable bonds is 2. The van der Waals surface area contributed by atoms with Gasteiger partial charge in [0.2, 0.25) is 0 Å². The Morgan fingerprint density at radius 1 is 1.38 bits per heavy atom. The molecule has 0 spiro atoms. The molecule has 0 saturated heterocycles. The van der Waals surface area contributed by atoms with Crippen LogP contribution in [-0.2, 0) is 0 Å². The van der Waals surface area contributed by atoms with E-state index in [-0.39, 0.29) is 10.8 Å².